The first-order valence-electron chi connectivity index (χ1n) is 14.5. The number of H-pyrrole nitrogens is 1. The average Bonchev–Trinajstić information content (AvgIpc) is 3.33. The van der Waals surface area contributed by atoms with E-state index in [9.17, 15) is 37.8 Å². The van der Waals surface area contributed by atoms with E-state index in [1.165, 1.54) is 14.2 Å². The highest BCUT2D eigenvalue weighted by molar-refractivity contribution is 5.81. The van der Waals surface area contributed by atoms with Gasteiger partial charge in [-0.3, -0.25) is 19.1 Å². The smallest absolute Gasteiger partial charge is 0.471 e. The first-order chi connectivity index (χ1) is 22.8. The van der Waals surface area contributed by atoms with E-state index in [0.29, 0.717) is 28.2 Å². The van der Waals surface area contributed by atoms with E-state index in [1.54, 1.807) is 84.2 Å². The molecule has 0 saturated carbocycles. The number of ether oxygens (including phenoxy) is 4. The molecule has 1 aromatic heterocycles. The van der Waals surface area contributed by atoms with E-state index in [1.807, 2.05) is 4.98 Å². The average molecular weight is 672 g/mol. The van der Waals surface area contributed by atoms with Crippen LogP contribution in [0.15, 0.2) is 101 Å². The number of halogens is 3. The van der Waals surface area contributed by atoms with Gasteiger partial charge in [-0.25, -0.2) is 4.79 Å². The van der Waals surface area contributed by atoms with Gasteiger partial charge in [0.15, 0.2) is 6.23 Å². The van der Waals surface area contributed by atoms with E-state index < -0.39 is 66.1 Å². The number of carbonyl (C=O) groups is 1. The number of aromatic amines is 1. The summed E-state index contributed by atoms with van der Waals surface area (Å²) in [5.74, 6) is -1.29. The lowest BCUT2D eigenvalue weighted by atomic mass is 9.79. The summed E-state index contributed by atoms with van der Waals surface area (Å²) in [4.78, 5) is 38.3. The maximum atomic E-state index is 13.3. The number of nitrogens with zero attached hydrogens (tertiary/aromatic N) is 1. The van der Waals surface area contributed by atoms with E-state index in [4.69, 9.17) is 18.9 Å². The Morgan fingerprint density at radius 3 is 1.94 bits per heavy atom. The molecule has 1 saturated heterocycles. The second kappa shape index (κ2) is 13.6. The summed E-state index contributed by atoms with van der Waals surface area (Å²) >= 11 is 0. The normalized spacial score (nSPS) is 21.1. The molecule has 2 heterocycles. The van der Waals surface area contributed by atoms with Gasteiger partial charge in [-0.15, -0.1) is 0 Å². The molecule has 0 unspecified atom stereocenters. The fourth-order valence-electron chi connectivity index (χ4n) is 5.65. The van der Waals surface area contributed by atoms with E-state index in [0.717, 1.165) is 16.8 Å². The molecule has 1 amide bonds. The number of amides is 1. The second-order valence-electron chi connectivity index (χ2n) is 11.0. The van der Waals surface area contributed by atoms with Gasteiger partial charge in [0.25, 0.3) is 5.56 Å². The van der Waals surface area contributed by atoms with Gasteiger partial charge in [-0.2, -0.15) is 13.2 Å². The predicted molar refractivity (Wildman–Crippen MR) is 164 cm³/mol. The van der Waals surface area contributed by atoms with Crippen molar-refractivity contribution in [1.82, 2.24) is 14.9 Å². The molecule has 3 aromatic carbocycles. The monoisotopic (exact) mass is 671 g/mol. The molecule has 1 aliphatic rings. The van der Waals surface area contributed by atoms with Crippen LogP contribution in [0.4, 0.5) is 13.2 Å². The number of methoxy groups -OCH3 is 2. The molecule has 0 bridgehead atoms. The van der Waals surface area contributed by atoms with Gasteiger partial charge in [0.1, 0.15) is 34.9 Å². The number of aliphatic hydroxyl groups is 2. The number of aromatic nitrogens is 2. The van der Waals surface area contributed by atoms with Crippen molar-refractivity contribution in [3.8, 4) is 11.5 Å². The Morgan fingerprint density at radius 2 is 1.44 bits per heavy atom. The highest BCUT2D eigenvalue weighted by Gasteiger charge is 2.57. The highest BCUT2D eigenvalue weighted by atomic mass is 19.4. The molecule has 4 N–H and O–H groups in total. The van der Waals surface area contributed by atoms with Gasteiger partial charge >= 0.3 is 17.8 Å². The Balaban J connectivity index is 1.66. The summed E-state index contributed by atoms with van der Waals surface area (Å²) in [5.41, 5.74) is -4.02. The molecule has 12 nitrogen and oxygen atoms in total. The van der Waals surface area contributed by atoms with Crippen molar-refractivity contribution in [1.29, 1.82) is 0 Å². The lowest BCUT2D eigenvalue weighted by molar-refractivity contribution is -0.181. The Labute approximate surface area is 271 Å². The minimum absolute atomic E-state index is 0.522. The van der Waals surface area contributed by atoms with Gasteiger partial charge in [0.05, 0.1) is 27.4 Å². The Hall–Kier alpha value is -4.96. The molecule has 48 heavy (non-hydrogen) atoms. The zero-order valence-corrected chi connectivity index (χ0v) is 25.6. The maximum absolute atomic E-state index is 13.3. The zero-order valence-electron chi connectivity index (χ0n) is 25.6. The Morgan fingerprint density at radius 1 is 0.896 bits per heavy atom. The molecule has 0 aliphatic carbocycles. The molecule has 4 atom stereocenters. The molecule has 1 fully saturated rings. The maximum Gasteiger partial charge on any atom is 0.471 e. The predicted octanol–water partition coefficient (Wildman–Crippen LogP) is 2.23. The van der Waals surface area contributed by atoms with Crippen LogP contribution in [-0.2, 0) is 19.9 Å². The van der Waals surface area contributed by atoms with Crippen LogP contribution in [0.3, 0.4) is 0 Å². The fraction of sp³-hybridized carbons (Fsp3) is 0.303. The van der Waals surface area contributed by atoms with Crippen LogP contribution in [0.25, 0.3) is 0 Å². The quantitative estimate of drug-likeness (QED) is 0.175. The minimum atomic E-state index is -5.29. The van der Waals surface area contributed by atoms with Crippen LogP contribution in [0, 0.1) is 0 Å². The van der Waals surface area contributed by atoms with Crippen molar-refractivity contribution in [2.24, 2.45) is 0 Å². The lowest BCUT2D eigenvalue weighted by Crippen LogP contribution is -2.57. The van der Waals surface area contributed by atoms with Crippen molar-refractivity contribution in [2.75, 3.05) is 27.4 Å². The van der Waals surface area contributed by atoms with Gasteiger partial charge in [0.2, 0.25) is 0 Å². The largest absolute Gasteiger partial charge is 0.497 e. The summed E-state index contributed by atoms with van der Waals surface area (Å²) in [7, 11) is 2.99. The van der Waals surface area contributed by atoms with Crippen molar-refractivity contribution in [3.63, 3.8) is 0 Å². The third-order valence-electron chi connectivity index (χ3n) is 8.15. The third kappa shape index (κ3) is 6.57. The number of carbonyl (C=O) groups excluding carboxylic acids is 1. The van der Waals surface area contributed by atoms with Crippen LogP contribution in [0.2, 0.25) is 0 Å². The number of nitrogens with one attached hydrogen (secondary N) is 2. The highest BCUT2D eigenvalue weighted by Crippen LogP contribution is 2.45. The van der Waals surface area contributed by atoms with Crippen molar-refractivity contribution in [2.45, 2.75) is 35.8 Å². The molecular weight excluding hydrogens is 639 g/mol. The number of benzene rings is 3. The summed E-state index contributed by atoms with van der Waals surface area (Å²) < 4.78 is 64.2. The van der Waals surface area contributed by atoms with Crippen LogP contribution in [-0.4, -0.2) is 77.0 Å². The molecule has 0 spiro atoms. The van der Waals surface area contributed by atoms with E-state index >= 15 is 0 Å². The summed E-state index contributed by atoms with van der Waals surface area (Å²) in [6.07, 6.45) is -9.94. The van der Waals surface area contributed by atoms with Gasteiger partial charge in [-0.1, -0.05) is 54.6 Å². The second-order valence-corrected chi connectivity index (χ2v) is 11.0. The number of hydrogen-bond donors (Lipinski definition) is 4. The van der Waals surface area contributed by atoms with Crippen LogP contribution in [0.1, 0.15) is 22.9 Å². The van der Waals surface area contributed by atoms with Crippen LogP contribution in [0.5, 0.6) is 11.5 Å². The zero-order chi connectivity index (χ0) is 34.7. The summed E-state index contributed by atoms with van der Waals surface area (Å²) in [6.45, 7) is -1.75. The molecule has 254 valence electrons. The van der Waals surface area contributed by atoms with E-state index in [-0.39, 0.29) is 0 Å². The van der Waals surface area contributed by atoms with Crippen molar-refractivity contribution >= 4 is 5.91 Å². The molecule has 1 aliphatic heterocycles. The van der Waals surface area contributed by atoms with Crippen LogP contribution < -0.4 is 26.0 Å². The number of aliphatic hydroxyl groups excluding tert-OH is 2. The standard InChI is InChI=1S/C33H32F3N3O9/c1-45-23-12-8-21(9-13-23)32(20-6-4-3-5-7-20,22-10-14-24(46-2)15-11-22)47-19-31(18-37-29(43)33(34,35)36)27(42)26(41)28(48-31)39-17-16-25(40)38-30(39)44/h3-17,26-28,41-42H,18-19H2,1-2H3,(H,37,43)(H,38,40,44)/t26-,27+,28-,31-/m1/s1. The molecule has 0 radical (unpaired) electrons. The third-order valence-corrected chi connectivity index (χ3v) is 8.15. The molecule has 15 heteroatoms. The van der Waals surface area contributed by atoms with Gasteiger partial charge in [-0.05, 0) is 41.0 Å². The Bertz CT molecular complexity index is 1780. The fourth-order valence-corrected chi connectivity index (χ4v) is 5.65. The van der Waals surface area contributed by atoms with Crippen LogP contribution >= 0.6 is 0 Å². The number of hydrogen-bond acceptors (Lipinski definition) is 9. The first-order valence-corrected chi connectivity index (χ1v) is 14.5. The molecule has 4 aromatic rings. The van der Waals surface area contributed by atoms with Gasteiger partial charge < -0.3 is 34.5 Å². The lowest BCUT2D eigenvalue weighted by Gasteiger charge is -2.40. The first kappa shape index (κ1) is 34.4. The summed E-state index contributed by atoms with van der Waals surface area (Å²) in [6, 6.07) is 23.4. The molecular formula is C33H32F3N3O9. The van der Waals surface area contributed by atoms with E-state index in [2.05, 4.69) is 0 Å². The Kier molecular flexibility index (Phi) is 9.77. The number of rotatable bonds is 11. The van der Waals surface area contributed by atoms with Crippen molar-refractivity contribution < 1.29 is 47.1 Å². The van der Waals surface area contributed by atoms with Crippen molar-refractivity contribution in [3.05, 3.63) is 129 Å². The van der Waals surface area contributed by atoms with Gasteiger partial charge in [0, 0.05) is 12.3 Å². The minimum Gasteiger partial charge on any atom is -0.497 e. The number of alkyl halides is 3. The topological polar surface area (TPSA) is 161 Å². The molecule has 5 rings (SSSR count). The summed E-state index contributed by atoms with van der Waals surface area (Å²) in [5, 5.41) is 24.3. The SMILES string of the molecule is COc1ccc(C(OC[C@@]2(CNC(=O)C(F)(F)F)O[C@@H](n3ccc(=O)[nH]c3=O)[C@H](O)[C@@H]2O)(c2ccccc2)c2ccc(OC)cc2)cc1.